The Bertz CT molecular complexity index is 565. The van der Waals surface area contributed by atoms with E-state index in [0.717, 1.165) is 37.0 Å². The maximum atomic E-state index is 12.4. The molecule has 0 aromatic heterocycles. The minimum Gasteiger partial charge on any atom is -0.491 e. The predicted molar refractivity (Wildman–Crippen MR) is 99.2 cm³/mol. The number of carbonyl (C=O) groups is 1. The number of carbonyl (C=O) groups excluding carboxylic acids is 1. The highest BCUT2D eigenvalue weighted by Crippen LogP contribution is 2.22. The van der Waals surface area contributed by atoms with E-state index >= 15 is 0 Å². The molecule has 1 aromatic rings. The standard InChI is InChI=1S/C20H31NO5/c1-3-8-19(23)21-12-7-6-10-15-9-4-5-11-17(15)26-14-16(22)20(24)18(13-21)25-2/h4-5,9,11,16,18,20,22,24H,3,6-8,10,12-14H2,1-2H3/t16-,18+,20-/m1/s1. The number of nitrogens with zero attached hydrogens (tertiary/aromatic N) is 1. The number of fused-ring (bicyclic) bond motifs is 1. The first-order chi connectivity index (χ1) is 12.6. The summed E-state index contributed by atoms with van der Waals surface area (Å²) in [5.74, 6) is 0.786. The average Bonchev–Trinajstić information content (AvgIpc) is 2.66. The molecule has 2 rings (SSSR count). The first-order valence-electron chi connectivity index (χ1n) is 9.44. The van der Waals surface area contributed by atoms with Gasteiger partial charge in [0.05, 0.1) is 0 Å². The fraction of sp³-hybridized carbons (Fsp3) is 0.650. The molecule has 0 fully saturated rings. The summed E-state index contributed by atoms with van der Waals surface area (Å²) >= 11 is 0. The molecular formula is C20H31NO5. The van der Waals surface area contributed by atoms with Crippen molar-refractivity contribution in [1.82, 2.24) is 4.90 Å². The molecule has 0 saturated heterocycles. The van der Waals surface area contributed by atoms with Crippen molar-refractivity contribution in [3.05, 3.63) is 29.8 Å². The van der Waals surface area contributed by atoms with Gasteiger partial charge in [-0.3, -0.25) is 4.79 Å². The molecule has 0 aliphatic carbocycles. The Kier molecular flexibility index (Phi) is 8.35. The Hall–Kier alpha value is -1.63. The summed E-state index contributed by atoms with van der Waals surface area (Å²) < 4.78 is 11.1. The van der Waals surface area contributed by atoms with Crippen LogP contribution in [-0.2, 0) is 16.0 Å². The summed E-state index contributed by atoms with van der Waals surface area (Å²) in [6.07, 6.45) is 0.989. The van der Waals surface area contributed by atoms with Crippen LogP contribution in [0.25, 0.3) is 0 Å². The lowest BCUT2D eigenvalue weighted by molar-refractivity contribution is -0.137. The highest BCUT2D eigenvalue weighted by molar-refractivity contribution is 5.76. The number of methoxy groups -OCH3 is 1. The number of aryl methyl sites for hydroxylation is 1. The second-order valence-corrected chi connectivity index (χ2v) is 6.80. The van der Waals surface area contributed by atoms with Gasteiger partial charge in [-0.2, -0.15) is 0 Å². The molecule has 1 amide bonds. The smallest absolute Gasteiger partial charge is 0.222 e. The van der Waals surface area contributed by atoms with Crippen molar-refractivity contribution < 1.29 is 24.5 Å². The normalized spacial score (nSPS) is 25.2. The van der Waals surface area contributed by atoms with Gasteiger partial charge in [0.1, 0.15) is 30.7 Å². The third-order valence-corrected chi connectivity index (χ3v) is 4.80. The lowest BCUT2D eigenvalue weighted by atomic mass is 10.1. The van der Waals surface area contributed by atoms with Gasteiger partial charge in [0.15, 0.2) is 0 Å². The zero-order chi connectivity index (χ0) is 18.9. The summed E-state index contributed by atoms with van der Waals surface area (Å²) in [4.78, 5) is 14.2. The summed E-state index contributed by atoms with van der Waals surface area (Å²) in [6, 6.07) is 7.74. The molecule has 3 atom stereocenters. The van der Waals surface area contributed by atoms with Gasteiger partial charge in [0.25, 0.3) is 0 Å². The molecule has 0 unspecified atom stereocenters. The summed E-state index contributed by atoms with van der Waals surface area (Å²) in [7, 11) is 1.48. The van der Waals surface area contributed by atoms with Crippen LogP contribution in [0.5, 0.6) is 5.75 Å². The quantitative estimate of drug-likeness (QED) is 0.853. The van der Waals surface area contributed by atoms with Crippen LogP contribution in [0, 0.1) is 0 Å². The highest BCUT2D eigenvalue weighted by Gasteiger charge is 2.30. The molecule has 0 radical (unpaired) electrons. The van der Waals surface area contributed by atoms with E-state index in [1.165, 1.54) is 7.11 Å². The first-order valence-corrected chi connectivity index (χ1v) is 9.44. The number of aliphatic hydroxyl groups excluding tert-OH is 2. The number of rotatable bonds is 3. The van der Waals surface area contributed by atoms with Crippen LogP contribution in [-0.4, -0.2) is 66.1 Å². The Labute approximate surface area is 155 Å². The Balaban J connectivity index is 2.19. The zero-order valence-electron chi connectivity index (χ0n) is 15.8. The van der Waals surface area contributed by atoms with Gasteiger partial charge in [-0.15, -0.1) is 0 Å². The Morgan fingerprint density at radius 2 is 2.08 bits per heavy atom. The molecule has 0 bridgehead atoms. The maximum Gasteiger partial charge on any atom is 0.222 e. The van der Waals surface area contributed by atoms with Crippen molar-refractivity contribution in [2.24, 2.45) is 0 Å². The van der Waals surface area contributed by atoms with Crippen LogP contribution < -0.4 is 4.74 Å². The SMILES string of the molecule is CCCC(=O)N1CCCCc2ccccc2OC[C@@H](O)[C@@H](O)[C@@H](OC)C1. The minimum absolute atomic E-state index is 0.0268. The number of benzene rings is 1. The van der Waals surface area contributed by atoms with Crippen molar-refractivity contribution in [1.29, 1.82) is 0 Å². The van der Waals surface area contributed by atoms with Gasteiger partial charge in [0.2, 0.25) is 5.91 Å². The molecule has 2 N–H and O–H groups in total. The minimum atomic E-state index is -1.13. The number of amides is 1. The molecule has 0 spiro atoms. The van der Waals surface area contributed by atoms with Crippen molar-refractivity contribution in [3.63, 3.8) is 0 Å². The Morgan fingerprint density at radius 1 is 1.31 bits per heavy atom. The van der Waals surface area contributed by atoms with Gasteiger partial charge in [-0.05, 0) is 37.3 Å². The van der Waals surface area contributed by atoms with Crippen molar-refractivity contribution in [3.8, 4) is 5.75 Å². The van der Waals surface area contributed by atoms with Crippen LogP contribution in [0.15, 0.2) is 24.3 Å². The molecule has 1 aliphatic heterocycles. The predicted octanol–water partition coefficient (Wildman–Crippen LogP) is 1.77. The number of para-hydroxylation sites is 1. The highest BCUT2D eigenvalue weighted by atomic mass is 16.5. The molecule has 1 aromatic carbocycles. The van der Waals surface area contributed by atoms with E-state index in [9.17, 15) is 15.0 Å². The van der Waals surface area contributed by atoms with Gasteiger partial charge < -0.3 is 24.6 Å². The lowest BCUT2D eigenvalue weighted by Crippen LogP contribution is -2.49. The lowest BCUT2D eigenvalue weighted by Gasteiger charge is -2.31. The third-order valence-electron chi connectivity index (χ3n) is 4.80. The van der Waals surface area contributed by atoms with Crippen LogP contribution in [0.1, 0.15) is 38.2 Å². The van der Waals surface area contributed by atoms with Gasteiger partial charge in [-0.25, -0.2) is 0 Å². The fourth-order valence-corrected chi connectivity index (χ4v) is 3.22. The van der Waals surface area contributed by atoms with E-state index in [1.54, 1.807) is 4.90 Å². The van der Waals surface area contributed by atoms with E-state index in [1.807, 2.05) is 31.2 Å². The molecule has 26 heavy (non-hydrogen) atoms. The number of hydrogen-bond acceptors (Lipinski definition) is 5. The first kappa shape index (κ1) is 20.7. The van der Waals surface area contributed by atoms with Crippen LogP contribution in [0.2, 0.25) is 0 Å². The van der Waals surface area contributed by atoms with E-state index < -0.39 is 18.3 Å². The summed E-state index contributed by atoms with van der Waals surface area (Å²) in [5.41, 5.74) is 1.07. The van der Waals surface area contributed by atoms with Crippen molar-refractivity contribution >= 4 is 5.91 Å². The second kappa shape index (κ2) is 10.5. The molecule has 1 heterocycles. The van der Waals surface area contributed by atoms with Gasteiger partial charge in [-0.1, -0.05) is 25.1 Å². The van der Waals surface area contributed by atoms with Crippen LogP contribution >= 0.6 is 0 Å². The van der Waals surface area contributed by atoms with Crippen molar-refractivity contribution in [2.75, 3.05) is 26.8 Å². The summed E-state index contributed by atoms with van der Waals surface area (Å²) in [5, 5.41) is 20.8. The van der Waals surface area contributed by atoms with Crippen LogP contribution in [0.4, 0.5) is 0 Å². The molecular weight excluding hydrogens is 334 g/mol. The van der Waals surface area contributed by atoms with Gasteiger partial charge >= 0.3 is 0 Å². The topological polar surface area (TPSA) is 79.2 Å². The third kappa shape index (κ3) is 5.69. The fourth-order valence-electron chi connectivity index (χ4n) is 3.22. The number of ether oxygens (including phenoxy) is 2. The average molecular weight is 365 g/mol. The monoisotopic (exact) mass is 365 g/mol. The second-order valence-electron chi connectivity index (χ2n) is 6.80. The molecule has 146 valence electrons. The van der Waals surface area contributed by atoms with E-state index in [0.29, 0.717) is 13.0 Å². The van der Waals surface area contributed by atoms with Crippen molar-refractivity contribution in [2.45, 2.75) is 57.3 Å². The van der Waals surface area contributed by atoms with Crippen LogP contribution in [0.3, 0.4) is 0 Å². The summed E-state index contributed by atoms with van der Waals surface area (Å²) in [6.45, 7) is 2.82. The zero-order valence-corrected chi connectivity index (χ0v) is 15.8. The number of aliphatic hydroxyl groups is 2. The van der Waals surface area contributed by atoms with E-state index in [-0.39, 0.29) is 19.1 Å². The maximum absolute atomic E-state index is 12.4. The van der Waals surface area contributed by atoms with E-state index in [4.69, 9.17) is 9.47 Å². The van der Waals surface area contributed by atoms with Gasteiger partial charge in [0, 0.05) is 26.6 Å². The molecule has 6 heteroatoms. The molecule has 0 saturated carbocycles. The largest absolute Gasteiger partial charge is 0.491 e. The Morgan fingerprint density at radius 3 is 2.81 bits per heavy atom. The molecule has 1 aliphatic rings. The molecule has 6 nitrogen and oxygen atoms in total. The number of hydrogen-bond donors (Lipinski definition) is 2. The van der Waals surface area contributed by atoms with E-state index in [2.05, 4.69) is 0 Å².